The molecule has 0 spiro atoms. The van der Waals surface area contributed by atoms with Crippen molar-refractivity contribution in [3.05, 3.63) is 150 Å². The molecule has 0 fully saturated rings. The van der Waals surface area contributed by atoms with E-state index in [1.807, 2.05) is 66.7 Å². The molecule has 0 amide bonds. The van der Waals surface area contributed by atoms with Gasteiger partial charge in [0.1, 0.15) is 16.9 Å². The molecule has 216 valence electrons. The number of benzene rings is 5. The Morgan fingerprint density at radius 1 is 0.652 bits per heavy atom. The molecule has 0 aliphatic heterocycles. The molecule has 2 aliphatic rings. The van der Waals surface area contributed by atoms with Crippen LogP contribution in [0.4, 0.5) is 0 Å². The molecular formula is C40H25N5O. The van der Waals surface area contributed by atoms with Gasteiger partial charge in [-0.05, 0) is 53.6 Å². The Hall–Kier alpha value is -6.14. The van der Waals surface area contributed by atoms with Gasteiger partial charge < -0.3 is 4.42 Å². The van der Waals surface area contributed by atoms with Crippen LogP contribution in [0.15, 0.2) is 132 Å². The Bertz CT molecular complexity index is 2560. The smallest absolute Gasteiger partial charge is 0.160 e. The first-order valence-corrected chi connectivity index (χ1v) is 15.5. The molecule has 6 heteroatoms. The van der Waals surface area contributed by atoms with E-state index in [0.717, 1.165) is 66.7 Å². The largest absolute Gasteiger partial charge is 0.456 e. The lowest BCUT2D eigenvalue weighted by Crippen LogP contribution is -2.19. The SMILES string of the molecule is C1=CC2C=Cc3nn(-c4ccccc4)nc3C2c2cc(-c3nc(-c4cccc5oc6ccccc6c45)c4ccccc4n3)ccc21. The van der Waals surface area contributed by atoms with Gasteiger partial charge in [-0.2, -0.15) is 9.90 Å². The zero-order valence-electron chi connectivity index (χ0n) is 24.6. The summed E-state index contributed by atoms with van der Waals surface area (Å²) in [6.45, 7) is 0. The lowest BCUT2D eigenvalue weighted by molar-refractivity contribution is 0.638. The van der Waals surface area contributed by atoms with E-state index in [4.69, 9.17) is 24.6 Å². The van der Waals surface area contributed by atoms with Gasteiger partial charge in [0.05, 0.1) is 22.6 Å². The molecule has 3 aromatic heterocycles. The number of furan rings is 1. The lowest BCUT2D eigenvalue weighted by atomic mass is 9.74. The van der Waals surface area contributed by atoms with E-state index >= 15 is 0 Å². The van der Waals surface area contributed by atoms with Gasteiger partial charge in [-0.3, -0.25) is 0 Å². The summed E-state index contributed by atoms with van der Waals surface area (Å²) in [7, 11) is 0. The third kappa shape index (κ3) is 3.77. The number of fused-ring (bicyclic) bond motifs is 9. The fourth-order valence-electron chi connectivity index (χ4n) is 7.10. The van der Waals surface area contributed by atoms with Crippen LogP contribution in [0.5, 0.6) is 0 Å². The minimum Gasteiger partial charge on any atom is -0.456 e. The number of allylic oxidation sites excluding steroid dienone is 2. The zero-order valence-corrected chi connectivity index (χ0v) is 24.6. The molecule has 0 bridgehead atoms. The highest BCUT2D eigenvalue weighted by molar-refractivity contribution is 6.14. The van der Waals surface area contributed by atoms with Crippen LogP contribution in [-0.2, 0) is 0 Å². The second-order valence-electron chi connectivity index (χ2n) is 11.9. The Morgan fingerprint density at radius 2 is 1.46 bits per heavy atom. The van der Waals surface area contributed by atoms with Crippen LogP contribution < -0.4 is 0 Å². The molecule has 6 nitrogen and oxygen atoms in total. The van der Waals surface area contributed by atoms with E-state index in [0.29, 0.717) is 5.82 Å². The number of rotatable bonds is 3. The molecule has 0 N–H and O–H groups in total. The van der Waals surface area contributed by atoms with Crippen LogP contribution in [0.25, 0.3) is 73.3 Å². The summed E-state index contributed by atoms with van der Waals surface area (Å²) in [4.78, 5) is 12.2. The summed E-state index contributed by atoms with van der Waals surface area (Å²) in [6.07, 6.45) is 8.83. The van der Waals surface area contributed by atoms with E-state index in [9.17, 15) is 0 Å². The van der Waals surface area contributed by atoms with Gasteiger partial charge in [0, 0.05) is 39.1 Å². The summed E-state index contributed by atoms with van der Waals surface area (Å²) < 4.78 is 6.24. The van der Waals surface area contributed by atoms with E-state index in [2.05, 4.69) is 72.8 Å². The van der Waals surface area contributed by atoms with Crippen molar-refractivity contribution in [2.24, 2.45) is 5.92 Å². The van der Waals surface area contributed by atoms with Gasteiger partial charge in [-0.25, -0.2) is 9.97 Å². The molecule has 0 saturated carbocycles. The molecule has 3 heterocycles. The molecule has 46 heavy (non-hydrogen) atoms. The first kappa shape index (κ1) is 25.2. The first-order valence-electron chi connectivity index (χ1n) is 15.5. The Balaban J connectivity index is 1.15. The monoisotopic (exact) mass is 591 g/mol. The highest BCUT2D eigenvalue weighted by Crippen LogP contribution is 2.45. The van der Waals surface area contributed by atoms with Crippen molar-refractivity contribution in [2.75, 3.05) is 0 Å². The van der Waals surface area contributed by atoms with Crippen LogP contribution in [0.1, 0.15) is 28.4 Å². The molecule has 0 radical (unpaired) electrons. The Morgan fingerprint density at radius 3 is 2.39 bits per heavy atom. The summed E-state index contributed by atoms with van der Waals surface area (Å²) in [5.74, 6) is 0.923. The molecule has 8 aromatic rings. The van der Waals surface area contributed by atoms with Crippen molar-refractivity contribution >= 4 is 45.0 Å². The summed E-state index contributed by atoms with van der Waals surface area (Å²) in [5, 5.41) is 13.0. The van der Waals surface area contributed by atoms with Crippen LogP contribution >= 0.6 is 0 Å². The van der Waals surface area contributed by atoms with Gasteiger partial charge >= 0.3 is 0 Å². The number of para-hydroxylation sites is 3. The van der Waals surface area contributed by atoms with Crippen molar-refractivity contribution in [2.45, 2.75) is 5.92 Å². The average molecular weight is 592 g/mol. The second kappa shape index (κ2) is 9.68. The normalized spacial score (nSPS) is 16.5. The Kier molecular flexibility index (Phi) is 5.31. The fraction of sp³-hybridized carbons (Fsp3) is 0.0500. The molecule has 0 saturated heterocycles. The van der Waals surface area contributed by atoms with E-state index in [-0.39, 0.29) is 11.8 Å². The van der Waals surface area contributed by atoms with Gasteiger partial charge in [0.2, 0.25) is 0 Å². The van der Waals surface area contributed by atoms with Gasteiger partial charge in [0.25, 0.3) is 0 Å². The molecule has 2 unspecified atom stereocenters. The number of hydrogen-bond acceptors (Lipinski definition) is 5. The standard InChI is InChI=1S/C40H25N5O/c1-2-9-27(10-3-1)45-43-33-22-21-25-19-17-24-18-20-26(23-31(24)36(25)39(33)44-45)40-41-32-14-6-4-11-28(32)38(42-40)30-13-8-16-35-37(30)29-12-5-7-15-34(29)46-35/h1-23,25,36H. The molecule has 10 rings (SSSR count). The second-order valence-corrected chi connectivity index (χ2v) is 11.9. The lowest BCUT2D eigenvalue weighted by Gasteiger charge is -2.29. The van der Waals surface area contributed by atoms with E-state index in [1.54, 1.807) is 4.80 Å². The summed E-state index contributed by atoms with van der Waals surface area (Å²) >= 11 is 0. The number of nitrogens with zero attached hydrogens (tertiary/aromatic N) is 5. The number of aromatic nitrogens is 5. The van der Waals surface area contributed by atoms with Crippen LogP contribution in [0, 0.1) is 5.92 Å². The highest BCUT2D eigenvalue weighted by atomic mass is 16.3. The van der Waals surface area contributed by atoms with Gasteiger partial charge in [-0.1, -0.05) is 97.1 Å². The predicted octanol–water partition coefficient (Wildman–Crippen LogP) is 9.25. The van der Waals surface area contributed by atoms with Crippen LogP contribution in [0.2, 0.25) is 0 Å². The third-order valence-electron chi connectivity index (χ3n) is 9.25. The maximum Gasteiger partial charge on any atom is 0.160 e. The minimum absolute atomic E-state index is 0.0448. The van der Waals surface area contributed by atoms with E-state index in [1.165, 1.54) is 11.1 Å². The molecule has 2 atom stereocenters. The summed E-state index contributed by atoms with van der Waals surface area (Å²) in [5.41, 5.74) is 10.7. The first-order chi connectivity index (χ1) is 22.8. The zero-order chi connectivity index (χ0) is 30.2. The average Bonchev–Trinajstić information content (AvgIpc) is 3.73. The maximum absolute atomic E-state index is 6.24. The van der Waals surface area contributed by atoms with Crippen LogP contribution in [0.3, 0.4) is 0 Å². The van der Waals surface area contributed by atoms with Crippen molar-refractivity contribution in [1.82, 2.24) is 25.0 Å². The van der Waals surface area contributed by atoms with E-state index < -0.39 is 0 Å². The topological polar surface area (TPSA) is 69.6 Å². The third-order valence-corrected chi connectivity index (χ3v) is 9.25. The minimum atomic E-state index is 0.0448. The van der Waals surface area contributed by atoms with Gasteiger partial charge in [0.15, 0.2) is 5.82 Å². The van der Waals surface area contributed by atoms with Gasteiger partial charge in [-0.15, -0.1) is 5.10 Å². The Labute approximate surface area is 264 Å². The maximum atomic E-state index is 6.24. The summed E-state index contributed by atoms with van der Waals surface area (Å²) in [6, 6.07) is 39.3. The van der Waals surface area contributed by atoms with Crippen molar-refractivity contribution < 1.29 is 4.42 Å². The highest BCUT2D eigenvalue weighted by Gasteiger charge is 2.34. The molecule has 5 aromatic carbocycles. The fourth-order valence-corrected chi connectivity index (χ4v) is 7.10. The quantitative estimate of drug-likeness (QED) is 0.205. The predicted molar refractivity (Wildman–Crippen MR) is 182 cm³/mol. The van der Waals surface area contributed by atoms with Crippen molar-refractivity contribution in [1.29, 1.82) is 0 Å². The number of hydrogen-bond donors (Lipinski definition) is 0. The molecular weight excluding hydrogens is 566 g/mol. The molecule has 2 aliphatic carbocycles. The van der Waals surface area contributed by atoms with Crippen LogP contribution in [-0.4, -0.2) is 25.0 Å². The van der Waals surface area contributed by atoms with Crippen molar-refractivity contribution in [3.63, 3.8) is 0 Å². The van der Waals surface area contributed by atoms with Crippen molar-refractivity contribution in [3.8, 4) is 28.3 Å².